The molecule has 0 saturated carbocycles. The van der Waals surface area contributed by atoms with Crippen LogP contribution in [0, 0.1) is 6.92 Å². The number of nitrogen functional groups attached to an aromatic ring is 1. The lowest BCUT2D eigenvalue weighted by molar-refractivity contribution is 0.256. The molecule has 9 heteroatoms. The number of hydrazine groups is 1. The Bertz CT molecular complexity index is 578. The van der Waals surface area contributed by atoms with Gasteiger partial charge in [-0.05, 0) is 6.92 Å². The van der Waals surface area contributed by atoms with Crippen LogP contribution in [0.4, 0.5) is 5.82 Å². The highest BCUT2D eigenvalue weighted by Crippen LogP contribution is 2.22. The predicted octanol–water partition coefficient (Wildman–Crippen LogP) is -0.00988. The van der Waals surface area contributed by atoms with Crippen molar-refractivity contribution < 1.29 is 8.42 Å². The quantitative estimate of drug-likeness (QED) is 0.591. The van der Waals surface area contributed by atoms with Crippen molar-refractivity contribution in [1.82, 2.24) is 14.9 Å². The molecular formula is C11H19N5O2S2. The summed E-state index contributed by atoms with van der Waals surface area (Å²) in [4.78, 5) is 10.5. The van der Waals surface area contributed by atoms with Crippen LogP contribution in [0.25, 0.3) is 0 Å². The lowest BCUT2D eigenvalue weighted by Gasteiger charge is -2.33. The molecule has 0 bridgehead atoms. The molecule has 1 aromatic rings. The van der Waals surface area contributed by atoms with E-state index in [0.717, 1.165) is 11.4 Å². The summed E-state index contributed by atoms with van der Waals surface area (Å²) in [5, 5.41) is -0.473. The fourth-order valence-corrected chi connectivity index (χ4v) is 5.09. The summed E-state index contributed by atoms with van der Waals surface area (Å²) in [5.74, 6) is 7.99. The van der Waals surface area contributed by atoms with Gasteiger partial charge in [-0.1, -0.05) is 0 Å². The minimum absolute atomic E-state index is 0.411. The first kappa shape index (κ1) is 15.5. The molecule has 3 N–H and O–H groups in total. The minimum Gasteiger partial charge on any atom is -0.308 e. The maximum atomic E-state index is 11.8. The van der Waals surface area contributed by atoms with Gasteiger partial charge in [0.25, 0.3) is 0 Å². The number of aryl methyl sites for hydroxylation is 1. The van der Waals surface area contributed by atoms with Gasteiger partial charge in [0, 0.05) is 36.1 Å². The zero-order chi connectivity index (χ0) is 14.8. The van der Waals surface area contributed by atoms with Crippen molar-refractivity contribution in [2.75, 3.05) is 29.7 Å². The summed E-state index contributed by atoms with van der Waals surface area (Å²) >= 11 is 1.66. The molecule has 1 aromatic heterocycles. The normalized spacial score (nSPS) is 20.9. The molecule has 7 nitrogen and oxygen atoms in total. The number of anilines is 1. The number of thioether (sulfide) groups is 1. The largest absolute Gasteiger partial charge is 0.308 e. The first-order valence-electron chi connectivity index (χ1n) is 6.22. The molecule has 1 unspecified atom stereocenters. The van der Waals surface area contributed by atoms with Crippen LogP contribution in [0.2, 0.25) is 0 Å². The van der Waals surface area contributed by atoms with Gasteiger partial charge in [0.15, 0.2) is 9.84 Å². The van der Waals surface area contributed by atoms with Crippen molar-refractivity contribution in [3.05, 3.63) is 17.6 Å². The summed E-state index contributed by atoms with van der Waals surface area (Å²) in [6.07, 6.45) is 1.28. The van der Waals surface area contributed by atoms with Crippen molar-refractivity contribution in [3.63, 3.8) is 0 Å². The number of nitrogens with two attached hydrogens (primary N) is 1. The Kier molecular flexibility index (Phi) is 4.84. The lowest BCUT2D eigenvalue weighted by Crippen LogP contribution is -2.46. The van der Waals surface area contributed by atoms with E-state index in [1.165, 1.54) is 6.26 Å². The molecule has 1 saturated heterocycles. The molecule has 2 rings (SSSR count). The number of aromatic nitrogens is 2. The third-order valence-corrected chi connectivity index (χ3v) is 5.76. The van der Waals surface area contributed by atoms with E-state index in [1.54, 1.807) is 17.8 Å². The molecule has 0 radical (unpaired) electrons. The highest BCUT2D eigenvalue weighted by molar-refractivity contribution is 8.00. The van der Waals surface area contributed by atoms with E-state index in [2.05, 4.69) is 15.4 Å². The van der Waals surface area contributed by atoms with Gasteiger partial charge in [-0.3, -0.25) is 4.90 Å². The van der Waals surface area contributed by atoms with Crippen molar-refractivity contribution in [2.45, 2.75) is 18.8 Å². The summed E-state index contributed by atoms with van der Waals surface area (Å²) in [6.45, 7) is 2.98. The Labute approximate surface area is 123 Å². The average molecular weight is 317 g/mol. The zero-order valence-electron chi connectivity index (χ0n) is 11.5. The van der Waals surface area contributed by atoms with Crippen LogP contribution in [0.3, 0.4) is 0 Å². The smallest absolute Gasteiger partial charge is 0.164 e. The Balaban J connectivity index is 2.21. The molecule has 1 fully saturated rings. The molecule has 0 aromatic carbocycles. The molecule has 112 valence electrons. The van der Waals surface area contributed by atoms with Gasteiger partial charge in [-0.25, -0.2) is 24.2 Å². The third kappa shape index (κ3) is 3.81. The maximum Gasteiger partial charge on any atom is 0.164 e. The van der Waals surface area contributed by atoms with Crippen molar-refractivity contribution in [2.24, 2.45) is 5.84 Å². The molecule has 0 spiro atoms. The molecule has 1 atom stereocenters. The van der Waals surface area contributed by atoms with E-state index < -0.39 is 15.2 Å². The molecular weight excluding hydrogens is 298 g/mol. The highest BCUT2D eigenvalue weighted by atomic mass is 32.2. The molecule has 1 aliphatic rings. The van der Waals surface area contributed by atoms with E-state index in [4.69, 9.17) is 5.84 Å². The topological polar surface area (TPSA) is 101 Å². The average Bonchev–Trinajstić information content (AvgIpc) is 2.37. The first-order chi connectivity index (χ1) is 9.40. The van der Waals surface area contributed by atoms with E-state index >= 15 is 0 Å². The van der Waals surface area contributed by atoms with Crippen molar-refractivity contribution in [1.29, 1.82) is 0 Å². The van der Waals surface area contributed by atoms with Gasteiger partial charge in [0.1, 0.15) is 17.0 Å². The molecule has 0 amide bonds. The highest BCUT2D eigenvalue weighted by Gasteiger charge is 2.31. The second-order valence-corrected chi connectivity index (χ2v) is 8.14. The van der Waals surface area contributed by atoms with Crippen LogP contribution < -0.4 is 11.3 Å². The molecule has 20 heavy (non-hydrogen) atoms. The van der Waals surface area contributed by atoms with Crippen molar-refractivity contribution >= 4 is 27.4 Å². The minimum atomic E-state index is -3.11. The molecule has 0 aliphatic carbocycles. The second kappa shape index (κ2) is 6.25. The SMILES string of the molecule is Cc1cc(NN)nc(CN2CCSCC2S(C)(=O)=O)n1. The second-order valence-electron chi connectivity index (χ2n) is 4.78. The van der Waals surface area contributed by atoms with Gasteiger partial charge in [0.2, 0.25) is 0 Å². The van der Waals surface area contributed by atoms with Crippen LogP contribution in [0.1, 0.15) is 11.5 Å². The van der Waals surface area contributed by atoms with Crippen LogP contribution in [-0.2, 0) is 16.4 Å². The zero-order valence-corrected chi connectivity index (χ0v) is 13.2. The van der Waals surface area contributed by atoms with Gasteiger partial charge in [-0.15, -0.1) is 0 Å². The van der Waals surface area contributed by atoms with Crippen LogP contribution in [0.15, 0.2) is 6.07 Å². The maximum absolute atomic E-state index is 11.8. The number of rotatable bonds is 4. The van der Waals surface area contributed by atoms with Gasteiger partial charge >= 0.3 is 0 Å². The number of hydrogen-bond donors (Lipinski definition) is 2. The van der Waals surface area contributed by atoms with E-state index in [9.17, 15) is 8.42 Å². The van der Waals surface area contributed by atoms with Crippen molar-refractivity contribution in [3.8, 4) is 0 Å². The summed E-state index contributed by atoms with van der Waals surface area (Å²) < 4.78 is 23.7. The first-order valence-corrected chi connectivity index (χ1v) is 9.33. The molecule has 1 aliphatic heterocycles. The number of nitrogens with one attached hydrogen (secondary N) is 1. The number of nitrogens with zero attached hydrogens (tertiary/aromatic N) is 3. The predicted molar refractivity (Wildman–Crippen MR) is 80.9 cm³/mol. The summed E-state index contributed by atoms with van der Waals surface area (Å²) in [6, 6.07) is 1.74. The van der Waals surface area contributed by atoms with E-state index in [0.29, 0.717) is 30.5 Å². The summed E-state index contributed by atoms with van der Waals surface area (Å²) in [5.41, 5.74) is 3.29. The van der Waals surface area contributed by atoms with Gasteiger partial charge in [-0.2, -0.15) is 11.8 Å². The Morgan fingerprint density at radius 3 is 2.95 bits per heavy atom. The standard InChI is InChI=1S/C11H19N5O2S2/c1-8-5-9(15-12)14-10(13-8)6-16-3-4-19-7-11(16)20(2,17)18/h5,11H,3-4,6-7,12H2,1-2H3,(H,13,14,15). The fourth-order valence-electron chi connectivity index (χ4n) is 2.15. The van der Waals surface area contributed by atoms with E-state index in [1.807, 2.05) is 11.8 Å². The number of hydrogen-bond acceptors (Lipinski definition) is 8. The summed E-state index contributed by atoms with van der Waals surface area (Å²) in [7, 11) is -3.11. The van der Waals surface area contributed by atoms with Gasteiger partial charge < -0.3 is 5.43 Å². The van der Waals surface area contributed by atoms with Crippen LogP contribution in [-0.4, -0.2) is 53.0 Å². The van der Waals surface area contributed by atoms with Gasteiger partial charge in [0.05, 0.1) is 6.54 Å². The van der Waals surface area contributed by atoms with Crippen LogP contribution >= 0.6 is 11.8 Å². The third-order valence-electron chi connectivity index (χ3n) is 3.08. The molecule has 2 heterocycles. The monoisotopic (exact) mass is 317 g/mol. The lowest BCUT2D eigenvalue weighted by atomic mass is 10.4. The Morgan fingerprint density at radius 1 is 1.55 bits per heavy atom. The van der Waals surface area contributed by atoms with Crippen LogP contribution in [0.5, 0.6) is 0 Å². The Hall–Kier alpha value is -0.900. The Morgan fingerprint density at radius 2 is 2.30 bits per heavy atom. The number of sulfone groups is 1. The fraction of sp³-hybridized carbons (Fsp3) is 0.636. The van der Waals surface area contributed by atoms with E-state index in [-0.39, 0.29) is 0 Å².